The van der Waals surface area contributed by atoms with E-state index in [1.165, 1.54) is 0 Å². The highest BCUT2D eigenvalue weighted by Crippen LogP contribution is 2.23. The number of pyridine rings is 1. The molecule has 0 amide bonds. The molecule has 84 valence electrons. The fourth-order valence-electron chi connectivity index (χ4n) is 1.86. The quantitative estimate of drug-likeness (QED) is 0.661. The third kappa shape index (κ3) is 1.66. The lowest BCUT2D eigenvalue weighted by Crippen LogP contribution is -1.94. The van der Waals surface area contributed by atoms with Crippen molar-refractivity contribution in [2.45, 2.75) is 6.92 Å². The second-order valence-electron chi connectivity index (χ2n) is 3.71. The van der Waals surface area contributed by atoms with E-state index in [1.807, 2.05) is 25.1 Å². The number of rotatable bonds is 1. The molecule has 0 bridgehead atoms. The van der Waals surface area contributed by atoms with E-state index in [4.69, 9.17) is 11.6 Å². The Morgan fingerprint density at radius 3 is 2.65 bits per heavy atom. The summed E-state index contributed by atoms with van der Waals surface area (Å²) in [6.07, 6.45) is 3.50. The van der Waals surface area contributed by atoms with Crippen molar-refractivity contribution in [1.29, 1.82) is 0 Å². The van der Waals surface area contributed by atoms with Crippen molar-refractivity contribution in [1.82, 2.24) is 19.6 Å². The molecule has 3 aromatic rings. The topological polar surface area (TPSA) is 43.1 Å². The maximum Gasteiger partial charge on any atom is 0.154 e. The monoisotopic (exact) mass is 244 g/mol. The Labute approximate surface area is 103 Å². The summed E-state index contributed by atoms with van der Waals surface area (Å²) in [5.41, 5.74) is 3.69. The molecule has 0 fully saturated rings. The number of hydrogen-bond donors (Lipinski definition) is 0. The number of aryl methyl sites for hydroxylation is 1. The van der Waals surface area contributed by atoms with Crippen LogP contribution in [0.4, 0.5) is 0 Å². The third-order valence-electron chi connectivity index (χ3n) is 2.57. The van der Waals surface area contributed by atoms with Crippen LogP contribution < -0.4 is 0 Å². The molecule has 0 saturated carbocycles. The molecule has 0 aliphatic heterocycles. The summed E-state index contributed by atoms with van der Waals surface area (Å²) in [7, 11) is 0. The van der Waals surface area contributed by atoms with Crippen LogP contribution in [0, 0.1) is 6.92 Å². The average molecular weight is 245 g/mol. The van der Waals surface area contributed by atoms with Crippen LogP contribution in [-0.2, 0) is 0 Å². The van der Waals surface area contributed by atoms with Crippen LogP contribution in [0.3, 0.4) is 0 Å². The van der Waals surface area contributed by atoms with Gasteiger partial charge < -0.3 is 0 Å². The molecule has 3 rings (SSSR count). The van der Waals surface area contributed by atoms with E-state index >= 15 is 0 Å². The molecule has 0 radical (unpaired) electrons. The van der Waals surface area contributed by atoms with Crippen LogP contribution in [-0.4, -0.2) is 19.6 Å². The minimum Gasteiger partial charge on any atom is -0.265 e. The molecule has 0 aliphatic carbocycles. The molecule has 4 nitrogen and oxygen atoms in total. The molecule has 0 spiro atoms. The molecular weight excluding hydrogens is 236 g/mol. The number of imidazole rings is 1. The van der Waals surface area contributed by atoms with Crippen LogP contribution in [0.25, 0.3) is 16.9 Å². The van der Waals surface area contributed by atoms with Crippen LogP contribution >= 0.6 is 11.6 Å². The van der Waals surface area contributed by atoms with Crippen molar-refractivity contribution < 1.29 is 0 Å². The van der Waals surface area contributed by atoms with Gasteiger partial charge in [0.1, 0.15) is 5.15 Å². The summed E-state index contributed by atoms with van der Waals surface area (Å²) in [6, 6.07) is 7.45. The Morgan fingerprint density at radius 2 is 1.88 bits per heavy atom. The van der Waals surface area contributed by atoms with Crippen molar-refractivity contribution in [2.75, 3.05) is 0 Å². The van der Waals surface area contributed by atoms with Crippen molar-refractivity contribution in [2.24, 2.45) is 0 Å². The van der Waals surface area contributed by atoms with E-state index in [-0.39, 0.29) is 0 Å². The molecule has 17 heavy (non-hydrogen) atoms. The summed E-state index contributed by atoms with van der Waals surface area (Å²) >= 11 is 5.92. The van der Waals surface area contributed by atoms with Crippen molar-refractivity contribution in [3.63, 3.8) is 0 Å². The van der Waals surface area contributed by atoms with Gasteiger partial charge in [0.05, 0.1) is 11.4 Å². The molecule has 0 atom stereocenters. The lowest BCUT2D eigenvalue weighted by Gasteiger charge is -2.01. The van der Waals surface area contributed by atoms with Crippen LogP contribution in [0.2, 0.25) is 5.15 Å². The number of hydrogen-bond acceptors (Lipinski definition) is 3. The predicted octanol–water partition coefficient (Wildman–Crippen LogP) is 2.75. The third-order valence-corrected chi connectivity index (χ3v) is 2.77. The van der Waals surface area contributed by atoms with Gasteiger partial charge in [-0.3, -0.25) is 4.98 Å². The summed E-state index contributed by atoms with van der Waals surface area (Å²) < 4.78 is 1.76. The van der Waals surface area contributed by atoms with Gasteiger partial charge in [-0.25, -0.2) is 9.50 Å². The van der Waals surface area contributed by atoms with Crippen molar-refractivity contribution in [3.05, 3.63) is 47.5 Å². The summed E-state index contributed by atoms with van der Waals surface area (Å²) in [5, 5.41) is 4.72. The highest BCUT2D eigenvalue weighted by Gasteiger charge is 2.11. The molecular formula is C12H9ClN4. The van der Waals surface area contributed by atoms with Gasteiger partial charge in [-0.2, -0.15) is 5.10 Å². The zero-order chi connectivity index (χ0) is 11.8. The second-order valence-corrected chi connectivity index (χ2v) is 4.10. The summed E-state index contributed by atoms with van der Waals surface area (Å²) in [5.74, 6) is 0. The minimum absolute atomic E-state index is 0.449. The second kappa shape index (κ2) is 3.82. The van der Waals surface area contributed by atoms with E-state index in [0.717, 1.165) is 22.6 Å². The summed E-state index contributed by atoms with van der Waals surface area (Å²) in [4.78, 5) is 8.46. The molecule has 0 aliphatic rings. The molecule has 5 heteroatoms. The zero-order valence-corrected chi connectivity index (χ0v) is 9.89. The Morgan fingerprint density at radius 1 is 1.12 bits per heavy atom. The first-order valence-electron chi connectivity index (χ1n) is 5.18. The van der Waals surface area contributed by atoms with Gasteiger partial charge in [0.2, 0.25) is 0 Å². The molecule has 3 heterocycles. The minimum atomic E-state index is 0.449. The molecule has 0 N–H and O–H groups in total. The summed E-state index contributed by atoms with van der Waals surface area (Å²) in [6.45, 7) is 1.96. The molecule has 3 aromatic heterocycles. The van der Waals surface area contributed by atoms with Crippen LogP contribution in [0.15, 0.2) is 36.7 Å². The molecule has 0 saturated heterocycles. The van der Waals surface area contributed by atoms with Gasteiger partial charge in [-0.1, -0.05) is 11.6 Å². The zero-order valence-electron chi connectivity index (χ0n) is 9.13. The van der Waals surface area contributed by atoms with E-state index in [2.05, 4.69) is 15.1 Å². The fourth-order valence-corrected chi connectivity index (χ4v) is 2.00. The first kappa shape index (κ1) is 10.2. The largest absolute Gasteiger partial charge is 0.265 e. The smallest absolute Gasteiger partial charge is 0.154 e. The Hall–Kier alpha value is -1.94. The highest BCUT2D eigenvalue weighted by atomic mass is 35.5. The maximum absolute atomic E-state index is 5.92. The SMILES string of the molecule is Cc1nc2ccc(Cl)nn2c1-c1ccncc1. The van der Waals surface area contributed by atoms with Gasteiger partial charge in [-0.15, -0.1) is 0 Å². The van der Waals surface area contributed by atoms with E-state index in [9.17, 15) is 0 Å². The lowest BCUT2D eigenvalue weighted by atomic mass is 10.2. The van der Waals surface area contributed by atoms with E-state index in [1.54, 1.807) is 23.0 Å². The average Bonchev–Trinajstić information content (AvgIpc) is 2.65. The lowest BCUT2D eigenvalue weighted by molar-refractivity contribution is 0.942. The number of aromatic nitrogens is 4. The Bertz CT molecular complexity index is 676. The highest BCUT2D eigenvalue weighted by molar-refractivity contribution is 6.29. The first-order chi connectivity index (χ1) is 8.25. The first-order valence-corrected chi connectivity index (χ1v) is 5.56. The maximum atomic E-state index is 5.92. The Balaban J connectivity index is 2.35. The van der Waals surface area contributed by atoms with Gasteiger partial charge in [0.15, 0.2) is 5.65 Å². The van der Waals surface area contributed by atoms with Crippen molar-refractivity contribution >= 4 is 17.2 Å². The van der Waals surface area contributed by atoms with E-state index < -0.39 is 0 Å². The van der Waals surface area contributed by atoms with E-state index in [0.29, 0.717) is 5.15 Å². The fraction of sp³-hybridized carbons (Fsp3) is 0.0833. The Kier molecular flexibility index (Phi) is 2.30. The molecule has 0 unspecified atom stereocenters. The van der Waals surface area contributed by atoms with Crippen molar-refractivity contribution in [3.8, 4) is 11.3 Å². The number of halogens is 1. The van der Waals surface area contributed by atoms with Crippen LogP contribution in [0.5, 0.6) is 0 Å². The standard InChI is InChI=1S/C12H9ClN4/c1-8-12(9-4-6-14-7-5-9)17-11(15-8)3-2-10(13)16-17/h2-7H,1H3. The molecule has 0 aromatic carbocycles. The van der Waals surface area contributed by atoms with Gasteiger partial charge in [0, 0.05) is 18.0 Å². The van der Waals surface area contributed by atoms with Gasteiger partial charge in [-0.05, 0) is 31.2 Å². The normalized spacial score (nSPS) is 10.9. The van der Waals surface area contributed by atoms with Gasteiger partial charge in [0.25, 0.3) is 0 Å². The number of nitrogens with zero attached hydrogens (tertiary/aromatic N) is 4. The predicted molar refractivity (Wildman–Crippen MR) is 66.0 cm³/mol. The van der Waals surface area contributed by atoms with Crippen LogP contribution in [0.1, 0.15) is 5.69 Å². The van der Waals surface area contributed by atoms with Gasteiger partial charge >= 0.3 is 0 Å². The number of fused-ring (bicyclic) bond motifs is 1.